The van der Waals surface area contributed by atoms with Crippen LogP contribution in [0.2, 0.25) is 10.0 Å². The molecule has 228 valence electrons. The number of halogens is 4. The molecule has 0 aliphatic carbocycles. The second-order valence-corrected chi connectivity index (χ2v) is 13.3. The van der Waals surface area contributed by atoms with Crippen molar-refractivity contribution >= 4 is 51.0 Å². The zero-order chi connectivity index (χ0) is 31.5. The number of carbonyl (C=O) groups is 1. The molecular formula is C29H27Cl2F2N3O5S2. The molecule has 0 radical (unpaired) electrons. The van der Waals surface area contributed by atoms with E-state index in [1.165, 1.54) is 37.1 Å². The molecule has 4 aromatic rings. The molecule has 8 nitrogen and oxygen atoms in total. The van der Waals surface area contributed by atoms with E-state index in [2.05, 4.69) is 10.3 Å². The fourth-order valence-corrected chi connectivity index (χ4v) is 6.25. The molecular weight excluding hydrogens is 643 g/mol. The third kappa shape index (κ3) is 7.68. The van der Waals surface area contributed by atoms with Crippen molar-refractivity contribution in [3.63, 3.8) is 0 Å². The zero-order valence-electron chi connectivity index (χ0n) is 23.2. The zero-order valence-corrected chi connectivity index (χ0v) is 26.3. The van der Waals surface area contributed by atoms with E-state index >= 15 is 4.39 Å². The minimum atomic E-state index is -4.27. The molecule has 43 heavy (non-hydrogen) atoms. The average Bonchev–Trinajstić information content (AvgIpc) is 3.37. The summed E-state index contributed by atoms with van der Waals surface area (Å²) in [5.74, 6) is -2.03. The van der Waals surface area contributed by atoms with Gasteiger partial charge in [-0.05, 0) is 54.1 Å². The first-order valence-corrected chi connectivity index (χ1v) is 16.1. The number of carbonyl (C=O) groups excluding carboxylic acids is 1. The number of nitrogens with zero attached hydrogens (tertiary/aromatic N) is 2. The van der Waals surface area contributed by atoms with Crippen LogP contribution in [0.25, 0.3) is 5.69 Å². The van der Waals surface area contributed by atoms with Gasteiger partial charge in [-0.25, -0.2) is 13.8 Å². The van der Waals surface area contributed by atoms with E-state index in [9.17, 15) is 17.6 Å². The number of methoxy groups -OCH3 is 1. The smallest absolute Gasteiger partial charge is 0.266 e. The van der Waals surface area contributed by atoms with E-state index in [1.54, 1.807) is 24.4 Å². The molecule has 0 saturated carbocycles. The topological polar surface area (TPSA) is 111 Å². The first kappa shape index (κ1) is 32.7. The van der Waals surface area contributed by atoms with Gasteiger partial charge in [0.15, 0.2) is 5.16 Å². The quantitative estimate of drug-likeness (QED) is 0.135. The number of hydrogen-bond acceptors (Lipinski definition) is 6. The standard InChI is InChI=1S/C29H27Cl2F2N3O5S2/c1-29(2,18-4-9-22(30)25(14-18)41-3)26-15-35-28(36(26)20-7-5-19(32)6-8-20)42-16-21-23(31)12-17(13-24(21)33)27(37)34-10-11-43(38,39)40/h4-9,12-15H,10-11,16H2,1-3H3,(H,34,37)(H,38,39,40). The third-order valence-corrected chi connectivity index (χ3v) is 9.07. The van der Waals surface area contributed by atoms with Crippen LogP contribution in [0.1, 0.15) is 41.0 Å². The summed E-state index contributed by atoms with van der Waals surface area (Å²) in [5, 5.41) is 3.23. The number of benzene rings is 3. The highest BCUT2D eigenvalue weighted by Crippen LogP contribution is 2.39. The Labute approximate surface area is 262 Å². The molecule has 1 heterocycles. The molecule has 14 heteroatoms. The number of ether oxygens (including phenoxy) is 1. The highest BCUT2D eigenvalue weighted by Gasteiger charge is 2.30. The number of amides is 1. The number of imidazole rings is 1. The Morgan fingerprint density at radius 1 is 1.09 bits per heavy atom. The van der Waals surface area contributed by atoms with Gasteiger partial charge in [-0.15, -0.1) is 0 Å². The average molecular weight is 671 g/mol. The molecule has 1 aromatic heterocycles. The molecule has 4 rings (SSSR count). The Morgan fingerprint density at radius 2 is 1.79 bits per heavy atom. The van der Waals surface area contributed by atoms with Gasteiger partial charge in [0.1, 0.15) is 17.4 Å². The first-order valence-electron chi connectivity index (χ1n) is 12.7. The molecule has 2 N–H and O–H groups in total. The fourth-order valence-electron chi connectivity index (χ4n) is 4.32. The lowest BCUT2D eigenvalue weighted by atomic mass is 9.81. The van der Waals surface area contributed by atoms with Gasteiger partial charge in [0.25, 0.3) is 16.0 Å². The Hall–Kier alpha value is -3.16. The molecule has 0 fully saturated rings. The van der Waals surface area contributed by atoms with E-state index in [4.69, 9.17) is 32.5 Å². The Bertz CT molecular complexity index is 1740. The Kier molecular flexibility index (Phi) is 10.1. The summed E-state index contributed by atoms with van der Waals surface area (Å²) in [7, 11) is -2.74. The largest absolute Gasteiger partial charge is 0.495 e. The van der Waals surface area contributed by atoms with Crippen LogP contribution < -0.4 is 10.1 Å². The van der Waals surface area contributed by atoms with Crippen LogP contribution in [0.5, 0.6) is 5.75 Å². The third-order valence-electron chi connectivity index (χ3n) is 6.72. The second-order valence-electron chi connectivity index (χ2n) is 9.96. The predicted molar refractivity (Wildman–Crippen MR) is 163 cm³/mol. The summed E-state index contributed by atoms with van der Waals surface area (Å²) < 4.78 is 66.8. The lowest BCUT2D eigenvalue weighted by molar-refractivity contribution is 0.0955. The van der Waals surface area contributed by atoms with Crippen molar-refractivity contribution in [3.05, 3.63) is 105 Å². The lowest BCUT2D eigenvalue weighted by Gasteiger charge is -2.28. The van der Waals surface area contributed by atoms with E-state index in [0.717, 1.165) is 17.3 Å². The van der Waals surface area contributed by atoms with Crippen molar-refractivity contribution in [1.82, 2.24) is 14.9 Å². The maximum absolute atomic E-state index is 15.2. The predicted octanol–water partition coefficient (Wildman–Crippen LogP) is 6.70. The van der Waals surface area contributed by atoms with E-state index < -0.39 is 38.8 Å². The molecule has 0 spiro atoms. The van der Waals surface area contributed by atoms with Crippen molar-refractivity contribution in [2.24, 2.45) is 0 Å². The SMILES string of the molecule is COc1cc(C(C)(C)c2cnc(SCc3c(F)cc(C(=O)NCCS(=O)(=O)O)cc3Cl)n2-c2ccc(F)cc2)ccc1Cl. The highest BCUT2D eigenvalue weighted by atomic mass is 35.5. The summed E-state index contributed by atoms with van der Waals surface area (Å²) in [4.78, 5) is 17.0. The van der Waals surface area contributed by atoms with Crippen molar-refractivity contribution < 1.29 is 31.3 Å². The molecule has 3 aromatic carbocycles. The van der Waals surface area contributed by atoms with Crippen LogP contribution in [0.15, 0.2) is 66.0 Å². The van der Waals surface area contributed by atoms with Gasteiger partial charge in [0.2, 0.25) is 0 Å². The number of rotatable bonds is 11. The molecule has 0 aliphatic heterocycles. The molecule has 1 amide bonds. The fraction of sp³-hybridized carbons (Fsp3) is 0.241. The maximum Gasteiger partial charge on any atom is 0.266 e. The number of aromatic nitrogens is 2. The number of nitrogens with one attached hydrogen (secondary N) is 1. The van der Waals surface area contributed by atoms with Gasteiger partial charge < -0.3 is 10.1 Å². The molecule has 0 unspecified atom stereocenters. The van der Waals surface area contributed by atoms with Crippen molar-refractivity contribution in [3.8, 4) is 11.4 Å². The number of thioether (sulfide) groups is 1. The Morgan fingerprint density at radius 3 is 2.42 bits per heavy atom. The van der Waals surface area contributed by atoms with Crippen LogP contribution in [0.3, 0.4) is 0 Å². The van der Waals surface area contributed by atoms with E-state index in [-0.39, 0.29) is 28.4 Å². The van der Waals surface area contributed by atoms with Gasteiger partial charge in [-0.2, -0.15) is 8.42 Å². The summed E-state index contributed by atoms with van der Waals surface area (Å²) in [6, 6.07) is 13.6. The van der Waals surface area contributed by atoms with Gasteiger partial charge in [-0.1, -0.05) is 54.9 Å². The minimum Gasteiger partial charge on any atom is -0.495 e. The van der Waals surface area contributed by atoms with Crippen LogP contribution in [0, 0.1) is 11.6 Å². The summed E-state index contributed by atoms with van der Waals surface area (Å²) in [6.45, 7) is 3.64. The highest BCUT2D eigenvalue weighted by molar-refractivity contribution is 7.98. The van der Waals surface area contributed by atoms with Crippen LogP contribution >= 0.6 is 35.0 Å². The summed E-state index contributed by atoms with van der Waals surface area (Å²) >= 11 is 13.8. The van der Waals surface area contributed by atoms with Crippen molar-refractivity contribution in [2.45, 2.75) is 30.2 Å². The lowest BCUT2D eigenvalue weighted by Crippen LogP contribution is -2.29. The van der Waals surface area contributed by atoms with E-state index in [0.29, 0.717) is 21.6 Å². The molecule has 0 aliphatic rings. The maximum atomic E-state index is 15.2. The first-order chi connectivity index (χ1) is 20.2. The van der Waals surface area contributed by atoms with Crippen LogP contribution in [-0.2, 0) is 21.3 Å². The van der Waals surface area contributed by atoms with Crippen LogP contribution in [-0.4, -0.2) is 47.8 Å². The Balaban J connectivity index is 1.65. The van der Waals surface area contributed by atoms with Gasteiger partial charge in [-0.3, -0.25) is 13.9 Å². The summed E-state index contributed by atoms with van der Waals surface area (Å²) in [5.41, 5.74) is 1.65. The van der Waals surface area contributed by atoms with E-state index in [1.807, 2.05) is 30.5 Å². The minimum absolute atomic E-state index is 0.0128. The monoisotopic (exact) mass is 669 g/mol. The normalized spacial score (nSPS) is 11.9. The van der Waals surface area contributed by atoms with Gasteiger partial charge in [0.05, 0.1) is 29.8 Å². The molecule has 0 saturated heterocycles. The number of hydrogen-bond donors (Lipinski definition) is 2. The van der Waals surface area contributed by atoms with Crippen molar-refractivity contribution in [1.29, 1.82) is 0 Å². The molecule has 0 atom stereocenters. The van der Waals surface area contributed by atoms with Crippen LogP contribution in [0.4, 0.5) is 8.78 Å². The van der Waals surface area contributed by atoms with Crippen molar-refractivity contribution in [2.75, 3.05) is 19.4 Å². The summed E-state index contributed by atoms with van der Waals surface area (Å²) in [6.07, 6.45) is 1.70. The second kappa shape index (κ2) is 13.2. The van der Waals surface area contributed by atoms with Gasteiger partial charge in [0, 0.05) is 39.5 Å². The van der Waals surface area contributed by atoms with Gasteiger partial charge >= 0.3 is 0 Å². The molecule has 0 bridgehead atoms.